The highest BCUT2D eigenvalue weighted by atomic mass is 16.4. The van der Waals surface area contributed by atoms with E-state index in [9.17, 15) is 14.4 Å². The molecule has 6 heteroatoms. The highest BCUT2D eigenvalue weighted by Gasteiger charge is 2.34. The number of carboxylic acids is 1. The fourth-order valence-electron chi connectivity index (χ4n) is 1.34. The molecule has 0 aliphatic carbocycles. The molecule has 1 heterocycles. The second-order valence-electron chi connectivity index (χ2n) is 3.57. The lowest BCUT2D eigenvalue weighted by Crippen LogP contribution is -2.53. The van der Waals surface area contributed by atoms with E-state index >= 15 is 0 Å². The lowest BCUT2D eigenvalue weighted by molar-refractivity contribution is -0.152. The van der Waals surface area contributed by atoms with Crippen molar-refractivity contribution >= 4 is 17.8 Å². The van der Waals surface area contributed by atoms with Gasteiger partial charge in [0.05, 0.1) is 5.92 Å². The first-order valence-electron chi connectivity index (χ1n) is 4.75. The van der Waals surface area contributed by atoms with Gasteiger partial charge in [-0.05, 0) is 0 Å². The summed E-state index contributed by atoms with van der Waals surface area (Å²) >= 11 is 0. The van der Waals surface area contributed by atoms with Gasteiger partial charge in [-0.15, -0.1) is 0 Å². The number of likely N-dealkylation sites (tertiary alicyclic amines) is 1. The normalized spacial score (nSPS) is 15.7. The van der Waals surface area contributed by atoms with Crippen molar-refractivity contribution < 1.29 is 19.5 Å². The number of rotatable bonds is 4. The molecule has 0 radical (unpaired) electrons. The molecule has 0 aromatic rings. The van der Waals surface area contributed by atoms with Crippen LogP contribution in [0, 0.1) is 5.92 Å². The van der Waals surface area contributed by atoms with E-state index in [1.54, 1.807) is 0 Å². The van der Waals surface area contributed by atoms with Crippen LogP contribution in [0.15, 0.2) is 0 Å². The Bertz CT molecular complexity index is 284. The van der Waals surface area contributed by atoms with Gasteiger partial charge in [-0.2, -0.15) is 0 Å². The van der Waals surface area contributed by atoms with Gasteiger partial charge in [-0.1, -0.05) is 0 Å². The van der Waals surface area contributed by atoms with E-state index in [1.165, 1.54) is 11.8 Å². The summed E-state index contributed by atoms with van der Waals surface area (Å²) in [6.45, 7) is 2.26. The van der Waals surface area contributed by atoms with Crippen LogP contribution >= 0.6 is 0 Å². The van der Waals surface area contributed by atoms with E-state index in [-0.39, 0.29) is 31.3 Å². The van der Waals surface area contributed by atoms with Crippen molar-refractivity contribution in [2.75, 3.05) is 19.6 Å². The summed E-state index contributed by atoms with van der Waals surface area (Å²) < 4.78 is 0. The Hall–Kier alpha value is -1.59. The predicted octanol–water partition coefficient (Wildman–Crippen LogP) is -0.944. The molecule has 1 rings (SSSR count). The molecule has 0 atom stereocenters. The van der Waals surface area contributed by atoms with Crippen molar-refractivity contribution in [3.63, 3.8) is 0 Å². The van der Waals surface area contributed by atoms with Crippen molar-refractivity contribution in [1.29, 1.82) is 0 Å². The zero-order valence-electron chi connectivity index (χ0n) is 8.52. The molecule has 1 fully saturated rings. The van der Waals surface area contributed by atoms with Crippen LogP contribution in [0.4, 0.5) is 0 Å². The predicted molar refractivity (Wildman–Crippen MR) is 51.0 cm³/mol. The highest BCUT2D eigenvalue weighted by molar-refractivity contribution is 5.81. The third-order valence-corrected chi connectivity index (χ3v) is 2.30. The molecule has 0 aromatic heterocycles. The van der Waals surface area contributed by atoms with E-state index < -0.39 is 11.9 Å². The van der Waals surface area contributed by atoms with Gasteiger partial charge in [0.2, 0.25) is 11.8 Å². The number of aliphatic carboxylic acids is 1. The van der Waals surface area contributed by atoms with Crippen LogP contribution < -0.4 is 5.32 Å². The Labute approximate surface area is 87.2 Å². The standard InChI is InChI=1S/C9H14N2O4/c1-6(12)10-3-2-8(13)11-4-7(5-11)9(14)15/h7H,2-5H2,1H3,(H,10,12)(H,14,15). The van der Waals surface area contributed by atoms with Crippen LogP contribution in [0.1, 0.15) is 13.3 Å². The topological polar surface area (TPSA) is 86.7 Å². The minimum Gasteiger partial charge on any atom is -0.481 e. The summed E-state index contributed by atoms with van der Waals surface area (Å²) in [6, 6.07) is 0. The van der Waals surface area contributed by atoms with Gasteiger partial charge < -0.3 is 15.3 Å². The fraction of sp³-hybridized carbons (Fsp3) is 0.667. The summed E-state index contributed by atoms with van der Waals surface area (Å²) in [6.07, 6.45) is 0.228. The van der Waals surface area contributed by atoms with Crippen molar-refractivity contribution in [2.24, 2.45) is 5.92 Å². The van der Waals surface area contributed by atoms with Gasteiger partial charge in [-0.3, -0.25) is 14.4 Å². The maximum absolute atomic E-state index is 11.4. The summed E-state index contributed by atoms with van der Waals surface area (Å²) in [5.74, 6) is -1.56. The number of hydrogen-bond donors (Lipinski definition) is 2. The summed E-state index contributed by atoms with van der Waals surface area (Å²) in [5, 5.41) is 11.1. The lowest BCUT2D eigenvalue weighted by Gasteiger charge is -2.36. The molecule has 84 valence electrons. The number of carbonyl (C=O) groups excluding carboxylic acids is 2. The fourth-order valence-corrected chi connectivity index (χ4v) is 1.34. The molecular weight excluding hydrogens is 200 g/mol. The van der Waals surface area contributed by atoms with Gasteiger partial charge in [0.25, 0.3) is 0 Å². The first-order chi connectivity index (χ1) is 7.00. The van der Waals surface area contributed by atoms with Crippen molar-refractivity contribution in [1.82, 2.24) is 10.2 Å². The summed E-state index contributed by atoms with van der Waals surface area (Å²) in [7, 11) is 0. The monoisotopic (exact) mass is 214 g/mol. The van der Waals surface area contributed by atoms with Gasteiger partial charge in [0.1, 0.15) is 0 Å². The van der Waals surface area contributed by atoms with E-state index in [0.29, 0.717) is 6.54 Å². The molecule has 1 aliphatic heterocycles. The van der Waals surface area contributed by atoms with Crippen LogP contribution in [-0.4, -0.2) is 47.4 Å². The molecule has 0 bridgehead atoms. The molecule has 1 saturated heterocycles. The average Bonchev–Trinajstić information content (AvgIpc) is 1.99. The Morgan fingerprint density at radius 3 is 2.47 bits per heavy atom. The molecule has 0 spiro atoms. The van der Waals surface area contributed by atoms with Gasteiger partial charge in [0.15, 0.2) is 0 Å². The number of nitrogens with one attached hydrogen (secondary N) is 1. The lowest BCUT2D eigenvalue weighted by atomic mass is 10.0. The SMILES string of the molecule is CC(=O)NCCC(=O)N1CC(C(=O)O)C1. The molecule has 6 nitrogen and oxygen atoms in total. The molecule has 0 unspecified atom stereocenters. The van der Waals surface area contributed by atoms with E-state index in [2.05, 4.69) is 5.32 Å². The van der Waals surface area contributed by atoms with Crippen LogP contribution in [0.3, 0.4) is 0 Å². The Morgan fingerprint density at radius 2 is 2.00 bits per heavy atom. The molecule has 15 heavy (non-hydrogen) atoms. The Balaban J connectivity index is 2.15. The van der Waals surface area contributed by atoms with E-state index in [4.69, 9.17) is 5.11 Å². The quantitative estimate of drug-likeness (QED) is 0.632. The molecule has 0 saturated carbocycles. The maximum atomic E-state index is 11.4. The van der Waals surface area contributed by atoms with Crippen molar-refractivity contribution in [3.8, 4) is 0 Å². The first-order valence-corrected chi connectivity index (χ1v) is 4.75. The molecule has 2 N–H and O–H groups in total. The maximum Gasteiger partial charge on any atom is 0.310 e. The minimum atomic E-state index is -0.860. The van der Waals surface area contributed by atoms with Gasteiger partial charge >= 0.3 is 5.97 Å². The highest BCUT2D eigenvalue weighted by Crippen LogP contribution is 2.16. The molecule has 1 aliphatic rings. The molecule has 2 amide bonds. The van der Waals surface area contributed by atoms with E-state index in [1.807, 2.05) is 0 Å². The minimum absolute atomic E-state index is 0.110. The zero-order chi connectivity index (χ0) is 11.4. The van der Waals surface area contributed by atoms with Crippen molar-refractivity contribution in [2.45, 2.75) is 13.3 Å². The summed E-state index contributed by atoms with van der Waals surface area (Å²) in [5.41, 5.74) is 0. The van der Waals surface area contributed by atoms with Crippen LogP contribution in [-0.2, 0) is 14.4 Å². The average molecular weight is 214 g/mol. The van der Waals surface area contributed by atoms with Crippen LogP contribution in [0.2, 0.25) is 0 Å². The smallest absolute Gasteiger partial charge is 0.310 e. The Morgan fingerprint density at radius 1 is 1.40 bits per heavy atom. The number of amides is 2. The van der Waals surface area contributed by atoms with E-state index in [0.717, 1.165) is 0 Å². The Kier molecular flexibility index (Phi) is 3.65. The number of carbonyl (C=O) groups is 3. The number of carboxylic acid groups (broad SMARTS) is 1. The number of nitrogens with zero attached hydrogens (tertiary/aromatic N) is 1. The van der Waals surface area contributed by atoms with Crippen LogP contribution in [0.5, 0.6) is 0 Å². The van der Waals surface area contributed by atoms with Gasteiger partial charge in [0, 0.05) is 33.0 Å². The second kappa shape index (κ2) is 4.77. The third kappa shape index (κ3) is 3.23. The zero-order valence-corrected chi connectivity index (χ0v) is 8.52. The van der Waals surface area contributed by atoms with Crippen LogP contribution in [0.25, 0.3) is 0 Å². The number of hydrogen-bond acceptors (Lipinski definition) is 3. The molecule has 0 aromatic carbocycles. The van der Waals surface area contributed by atoms with Gasteiger partial charge in [-0.25, -0.2) is 0 Å². The second-order valence-corrected chi connectivity index (χ2v) is 3.57. The molecular formula is C9H14N2O4. The largest absolute Gasteiger partial charge is 0.481 e. The third-order valence-electron chi connectivity index (χ3n) is 2.30. The first kappa shape index (κ1) is 11.5. The summed E-state index contributed by atoms with van der Waals surface area (Å²) in [4.78, 5) is 33.8. The van der Waals surface area contributed by atoms with Crippen molar-refractivity contribution in [3.05, 3.63) is 0 Å².